The van der Waals surface area contributed by atoms with Crippen LogP contribution in [-0.4, -0.2) is 41.3 Å². The Hall–Kier alpha value is -1.78. The van der Waals surface area contributed by atoms with Crippen LogP contribution in [0.5, 0.6) is 0 Å². The number of carboxylic acids is 1. The molecule has 1 N–H and O–H groups in total. The van der Waals surface area contributed by atoms with Crippen LogP contribution < -0.4 is 0 Å². The smallest absolute Gasteiger partial charge is 0.410 e. The zero-order chi connectivity index (χ0) is 12.4. The summed E-state index contributed by atoms with van der Waals surface area (Å²) < 4.78 is 4.98. The average molecular weight is 237 g/mol. The maximum absolute atomic E-state index is 11.6. The Morgan fingerprint density at radius 2 is 2.35 bits per heavy atom. The van der Waals surface area contributed by atoms with Gasteiger partial charge in [0.1, 0.15) is 6.61 Å². The van der Waals surface area contributed by atoms with E-state index >= 15 is 0 Å². The number of likely N-dealkylation sites (tertiary alicyclic amines) is 1. The molecule has 0 spiro atoms. The van der Waals surface area contributed by atoms with Crippen molar-refractivity contribution in [1.82, 2.24) is 4.90 Å². The van der Waals surface area contributed by atoms with Gasteiger partial charge in [-0.2, -0.15) is 0 Å². The highest BCUT2D eigenvalue weighted by atomic mass is 16.6. The highest BCUT2D eigenvalue weighted by Crippen LogP contribution is 2.44. The normalized spacial score (nSPS) is 28.5. The molecular formula is C12H15NO4. The number of aliphatic carboxylic acids is 1. The van der Waals surface area contributed by atoms with Gasteiger partial charge in [0, 0.05) is 24.6 Å². The minimum Gasteiger partial charge on any atom is -0.478 e. The van der Waals surface area contributed by atoms with E-state index in [-0.39, 0.29) is 24.7 Å². The number of fused-ring (bicyclic) bond motifs is 1. The van der Waals surface area contributed by atoms with Crippen LogP contribution in [0.3, 0.4) is 0 Å². The maximum atomic E-state index is 11.6. The topological polar surface area (TPSA) is 66.8 Å². The molecule has 1 saturated carbocycles. The van der Waals surface area contributed by atoms with Gasteiger partial charge in [-0.05, 0) is 12.8 Å². The van der Waals surface area contributed by atoms with E-state index in [1.807, 2.05) is 0 Å². The first-order chi connectivity index (χ1) is 8.13. The summed E-state index contributed by atoms with van der Waals surface area (Å²) in [6, 6.07) is 0.123. The molecule has 0 aromatic heterocycles. The summed E-state index contributed by atoms with van der Waals surface area (Å²) in [5.74, 6) is -0.700. The lowest BCUT2D eigenvalue weighted by atomic mass is 9.74. The van der Waals surface area contributed by atoms with E-state index in [1.165, 1.54) is 12.2 Å². The van der Waals surface area contributed by atoms with Crippen molar-refractivity contribution < 1.29 is 19.4 Å². The number of carbonyl (C=O) groups excluding carboxylic acids is 1. The Balaban J connectivity index is 1.93. The fourth-order valence-electron chi connectivity index (χ4n) is 2.54. The molecule has 5 heteroatoms. The van der Waals surface area contributed by atoms with Crippen LogP contribution in [0.1, 0.15) is 12.8 Å². The molecule has 1 saturated heterocycles. The summed E-state index contributed by atoms with van der Waals surface area (Å²) in [5.41, 5.74) is 0.932. The Kier molecular flexibility index (Phi) is 3.17. The lowest BCUT2D eigenvalue weighted by Gasteiger charge is -2.37. The number of hydrogen-bond acceptors (Lipinski definition) is 3. The molecule has 0 bridgehead atoms. The lowest BCUT2D eigenvalue weighted by molar-refractivity contribution is -0.131. The van der Waals surface area contributed by atoms with Gasteiger partial charge in [-0.25, -0.2) is 9.59 Å². The van der Waals surface area contributed by atoms with Gasteiger partial charge in [0.15, 0.2) is 0 Å². The van der Waals surface area contributed by atoms with Gasteiger partial charge in [0.2, 0.25) is 0 Å². The summed E-state index contributed by atoms with van der Waals surface area (Å²) >= 11 is 0. The molecule has 0 aromatic carbocycles. The first-order valence-corrected chi connectivity index (χ1v) is 5.61. The number of hydrogen-bond donors (Lipinski definition) is 1. The molecule has 2 unspecified atom stereocenters. The zero-order valence-electron chi connectivity index (χ0n) is 9.46. The van der Waals surface area contributed by atoms with Gasteiger partial charge in [-0.3, -0.25) is 0 Å². The molecule has 1 amide bonds. The third kappa shape index (κ3) is 2.18. The molecule has 1 heterocycles. The average Bonchev–Trinajstić information content (AvgIpc) is 2.60. The molecule has 92 valence electrons. The lowest BCUT2D eigenvalue weighted by Crippen LogP contribution is -2.44. The van der Waals surface area contributed by atoms with Crippen molar-refractivity contribution in [2.24, 2.45) is 5.92 Å². The molecule has 0 aromatic rings. The van der Waals surface area contributed by atoms with E-state index in [2.05, 4.69) is 6.58 Å². The standard InChI is InChI=1S/C12H15NO4/c1-2-5-17-12(16)13-4-3-9-8(6-10(9)13)7-11(14)15/h2,7,9-10H,1,3-6H2,(H,14,15)/b8-7+. The van der Waals surface area contributed by atoms with Gasteiger partial charge in [0.25, 0.3) is 0 Å². The number of carboxylic acid groups (broad SMARTS) is 1. The molecule has 2 atom stereocenters. The summed E-state index contributed by atoms with van der Waals surface area (Å²) in [7, 11) is 0. The van der Waals surface area contributed by atoms with Crippen LogP contribution in [0.2, 0.25) is 0 Å². The van der Waals surface area contributed by atoms with E-state index in [0.29, 0.717) is 13.0 Å². The van der Waals surface area contributed by atoms with Crippen molar-refractivity contribution in [2.75, 3.05) is 13.2 Å². The second kappa shape index (κ2) is 4.61. The summed E-state index contributed by atoms with van der Waals surface area (Å²) in [6.07, 6.45) is 3.95. The molecular weight excluding hydrogens is 222 g/mol. The van der Waals surface area contributed by atoms with E-state index in [0.717, 1.165) is 12.0 Å². The van der Waals surface area contributed by atoms with Crippen molar-refractivity contribution in [1.29, 1.82) is 0 Å². The van der Waals surface area contributed by atoms with Crippen molar-refractivity contribution in [3.8, 4) is 0 Å². The number of amides is 1. The molecule has 1 aliphatic carbocycles. The first kappa shape index (κ1) is 11.7. The zero-order valence-corrected chi connectivity index (χ0v) is 9.46. The predicted molar refractivity (Wildman–Crippen MR) is 60.5 cm³/mol. The Labute approximate surface area is 99.4 Å². The molecule has 0 radical (unpaired) electrons. The molecule has 1 aliphatic heterocycles. The molecule has 2 aliphatic rings. The Bertz CT molecular complexity index is 388. The maximum Gasteiger partial charge on any atom is 0.410 e. The number of carbonyl (C=O) groups is 2. The van der Waals surface area contributed by atoms with Crippen LogP contribution in [-0.2, 0) is 9.53 Å². The van der Waals surface area contributed by atoms with E-state index in [1.54, 1.807) is 4.90 Å². The second-order valence-corrected chi connectivity index (χ2v) is 4.28. The quantitative estimate of drug-likeness (QED) is 0.595. The predicted octanol–water partition coefficient (Wildman–Crippen LogP) is 1.41. The van der Waals surface area contributed by atoms with Gasteiger partial charge in [-0.1, -0.05) is 18.2 Å². The largest absolute Gasteiger partial charge is 0.478 e. The van der Waals surface area contributed by atoms with Crippen molar-refractivity contribution in [2.45, 2.75) is 18.9 Å². The number of rotatable bonds is 3. The van der Waals surface area contributed by atoms with Gasteiger partial charge < -0.3 is 14.7 Å². The Morgan fingerprint density at radius 3 is 3.00 bits per heavy atom. The monoisotopic (exact) mass is 237 g/mol. The third-order valence-electron chi connectivity index (χ3n) is 3.33. The minimum absolute atomic E-state index is 0.123. The van der Waals surface area contributed by atoms with Gasteiger partial charge in [0.05, 0.1) is 0 Å². The highest BCUT2D eigenvalue weighted by molar-refractivity contribution is 5.81. The fourth-order valence-corrected chi connectivity index (χ4v) is 2.54. The van der Waals surface area contributed by atoms with Gasteiger partial charge >= 0.3 is 12.1 Å². The number of nitrogens with zero attached hydrogens (tertiary/aromatic N) is 1. The molecule has 2 rings (SSSR count). The van der Waals surface area contributed by atoms with Gasteiger partial charge in [-0.15, -0.1) is 0 Å². The summed E-state index contributed by atoms with van der Waals surface area (Å²) in [4.78, 5) is 23.9. The minimum atomic E-state index is -0.911. The van der Waals surface area contributed by atoms with Crippen LogP contribution in [0.25, 0.3) is 0 Å². The fraction of sp³-hybridized carbons (Fsp3) is 0.500. The highest BCUT2D eigenvalue weighted by Gasteiger charge is 2.47. The molecule has 2 fully saturated rings. The van der Waals surface area contributed by atoms with Crippen LogP contribution >= 0.6 is 0 Å². The van der Waals surface area contributed by atoms with Crippen LogP contribution in [0.4, 0.5) is 4.79 Å². The SMILES string of the molecule is C=CCOC(=O)N1CCC2/C(=C/C(=O)O)CC21. The van der Waals surface area contributed by atoms with E-state index < -0.39 is 5.97 Å². The summed E-state index contributed by atoms with van der Waals surface area (Å²) in [5, 5.41) is 8.67. The second-order valence-electron chi connectivity index (χ2n) is 4.28. The summed E-state index contributed by atoms with van der Waals surface area (Å²) in [6.45, 7) is 4.34. The van der Waals surface area contributed by atoms with Crippen LogP contribution in [0.15, 0.2) is 24.3 Å². The van der Waals surface area contributed by atoms with Crippen LogP contribution in [0, 0.1) is 5.92 Å². The first-order valence-electron chi connectivity index (χ1n) is 5.61. The third-order valence-corrected chi connectivity index (χ3v) is 3.33. The van der Waals surface area contributed by atoms with Crippen molar-refractivity contribution in [3.05, 3.63) is 24.3 Å². The van der Waals surface area contributed by atoms with E-state index in [9.17, 15) is 9.59 Å². The van der Waals surface area contributed by atoms with Crippen molar-refractivity contribution >= 4 is 12.1 Å². The molecule has 17 heavy (non-hydrogen) atoms. The number of ether oxygens (including phenoxy) is 1. The van der Waals surface area contributed by atoms with E-state index in [4.69, 9.17) is 9.84 Å². The Morgan fingerprint density at radius 1 is 1.59 bits per heavy atom. The van der Waals surface area contributed by atoms with Crippen molar-refractivity contribution in [3.63, 3.8) is 0 Å². The molecule has 5 nitrogen and oxygen atoms in total.